The van der Waals surface area contributed by atoms with Gasteiger partial charge in [0.25, 0.3) is 5.56 Å². The Morgan fingerprint density at radius 1 is 1.19 bits per heavy atom. The summed E-state index contributed by atoms with van der Waals surface area (Å²) in [4.78, 5) is 33.7. The van der Waals surface area contributed by atoms with Crippen LogP contribution in [0.4, 0.5) is 0 Å². The van der Waals surface area contributed by atoms with Crippen LogP contribution in [0.3, 0.4) is 0 Å². The van der Waals surface area contributed by atoms with Crippen molar-refractivity contribution in [1.82, 2.24) is 4.57 Å². The fourth-order valence-electron chi connectivity index (χ4n) is 1.97. The van der Waals surface area contributed by atoms with E-state index in [9.17, 15) is 14.4 Å². The van der Waals surface area contributed by atoms with E-state index in [2.05, 4.69) is 15.9 Å². The summed E-state index contributed by atoms with van der Waals surface area (Å²) < 4.78 is 1.96. The summed E-state index contributed by atoms with van der Waals surface area (Å²) in [5, 5.41) is 8.83. The van der Waals surface area contributed by atoms with Crippen LogP contribution in [0.25, 0.3) is 0 Å². The van der Waals surface area contributed by atoms with E-state index in [4.69, 9.17) is 5.11 Å². The van der Waals surface area contributed by atoms with Crippen molar-refractivity contribution < 1.29 is 14.7 Å². The van der Waals surface area contributed by atoms with Gasteiger partial charge in [-0.15, -0.1) is 0 Å². The van der Waals surface area contributed by atoms with Gasteiger partial charge in [-0.1, -0.05) is 12.1 Å². The fraction of sp³-hybridized carbons (Fsp3) is 0.133. The van der Waals surface area contributed by atoms with Gasteiger partial charge in [0.2, 0.25) is 0 Å². The molecule has 0 aliphatic rings. The number of aldehydes is 1. The first-order valence-corrected chi connectivity index (χ1v) is 6.99. The first kappa shape index (κ1) is 15.2. The molecule has 0 aliphatic heterocycles. The number of rotatable bonds is 5. The van der Waals surface area contributed by atoms with Crippen molar-refractivity contribution >= 4 is 28.2 Å². The SMILES string of the molecule is O=Cc1c(Br)ccc(=O)n1CCc1ccc(C(=O)O)cc1. The summed E-state index contributed by atoms with van der Waals surface area (Å²) in [6.07, 6.45) is 1.16. The highest BCUT2D eigenvalue weighted by Gasteiger charge is 2.08. The van der Waals surface area contributed by atoms with Crippen LogP contribution >= 0.6 is 15.9 Å². The number of aromatic carboxylic acids is 1. The molecule has 5 nitrogen and oxygen atoms in total. The lowest BCUT2D eigenvalue weighted by Gasteiger charge is -2.10. The Balaban J connectivity index is 2.20. The first-order valence-electron chi connectivity index (χ1n) is 6.19. The summed E-state index contributed by atoms with van der Waals surface area (Å²) in [6.45, 7) is 0.346. The largest absolute Gasteiger partial charge is 0.478 e. The summed E-state index contributed by atoms with van der Waals surface area (Å²) in [6, 6.07) is 9.37. The Morgan fingerprint density at radius 3 is 2.43 bits per heavy atom. The van der Waals surface area contributed by atoms with Crippen LogP contribution in [0.5, 0.6) is 0 Å². The van der Waals surface area contributed by atoms with Gasteiger partial charge in [-0.05, 0) is 46.1 Å². The zero-order valence-electron chi connectivity index (χ0n) is 11.0. The van der Waals surface area contributed by atoms with Crippen LogP contribution in [0.2, 0.25) is 0 Å². The summed E-state index contributed by atoms with van der Waals surface area (Å²) in [7, 11) is 0. The van der Waals surface area contributed by atoms with Crippen LogP contribution in [-0.4, -0.2) is 21.9 Å². The minimum Gasteiger partial charge on any atom is -0.478 e. The molecule has 0 bridgehead atoms. The van der Waals surface area contributed by atoms with Gasteiger partial charge >= 0.3 is 5.97 Å². The maximum absolute atomic E-state index is 11.8. The molecule has 21 heavy (non-hydrogen) atoms. The zero-order valence-corrected chi connectivity index (χ0v) is 12.5. The van der Waals surface area contributed by atoms with Gasteiger partial charge in [0, 0.05) is 17.1 Å². The van der Waals surface area contributed by atoms with Crippen molar-refractivity contribution in [1.29, 1.82) is 0 Å². The number of carboxylic acid groups (broad SMARTS) is 1. The molecule has 1 aromatic carbocycles. The molecule has 0 unspecified atom stereocenters. The zero-order chi connectivity index (χ0) is 15.4. The molecule has 0 fully saturated rings. The quantitative estimate of drug-likeness (QED) is 0.840. The molecule has 0 saturated heterocycles. The number of carbonyl (C=O) groups is 2. The van der Waals surface area contributed by atoms with Gasteiger partial charge in [0.15, 0.2) is 6.29 Å². The van der Waals surface area contributed by atoms with Crippen LogP contribution < -0.4 is 5.56 Å². The van der Waals surface area contributed by atoms with Crippen LogP contribution in [0.15, 0.2) is 45.7 Å². The third kappa shape index (κ3) is 3.46. The fourth-order valence-corrected chi connectivity index (χ4v) is 2.41. The second-order valence-corrected chi connectivity index (χ2v) is 5.28. The minimum atomic E-state index is -0.979. The number of halogens is 1. The van der Waals surface area contributed by atoms with Crippen LogP contribution in [-0.2, 0) is 13.0 Å². The van der Waals surface area contributed by atoms with Gasteiger partial charge < -0.3 is 9.67 Å². The molecular weight excluding hydrogens is 338 g/mol. The topological polar surface area (TPSA) is 76.4 Å². The third-order valence-electron chi connectivity index (χ3n) is 3.11. The average Bonchev–Trinajstić information content (AvgIpc) is 2.48. The second kappa shape index (κ2) is 6.49. The number of aromatic nitrogens is 1. The molecule has 108 valence electrons. The van der Waals surface area contributed by atoms with Gasteiger partial charge in [-0.2, -0.15) is 0 Å². The first-order chi connectivity index (χ1) is 10.0. The third-order valence-corrected chi connectivity index (χ3v) is 3.78. The van der Waals surface area contributed by atoms with Crippen molar-refractivity contribution in [2.45, 2.75) is 13.0 Å². The summed E-state index contributed by atoms with van der Waals surface area (Å²) >= 11 is 3.24. The molecule has 0 radical (unpaired) electrons. The highest BCUT2D eigenvalue weighted by molar-refractivity contribution is 9.10. The molecule has 0 spiro atoms. The molecule has 6 heteroatoms. The number of carboxylic acids is 1. The number of nitrogens with zero attached hydrogens (tertiary/aromatic N) is 1. The van der Waals surface area contributed by atoms with Gasteiger partial charge in [0.05, 0.1) is 11.3 Å². The number of pyridine rings is 1. The van der Waals surface area contributed by atoms with E-state index in [0.717, 1.165) is 5.56 Å². The highest BCUT2D eigenvalue weighted by atomic mass is 79.9. The number of aryl methyl sites for hydroxylation is 1. The summed E-state index contributed by atoms with van der Waals surface area (Å²) in [5.74, 6) is -0.979. The molecule has 0 aliphatic carbocycles. The monoisotopic (exact) mass is 349 g/mol. The average molecular weight is 350 g/mol. The van der Waals surface area contributed by atoms with E-state index in [1.165, 1.54) is 22.8 Å². The van der Waals surface area contributed by atoms with E-state index < -0.39 is 5.97 Å². The lowest BCUT2D eigenvalue weighted by atomic mass is 10.1. The van der Waals surface area contributed by atoms with Gasteiger partial charge in [0.1, 0.15) is 0 Å². The Bertz CT molecular complexity index is 734. The molecule has 1 aromatic heterocycles. The van der Waals surface area contributed by atoms with Crippen molar-refractivity contribution in [2.24, 2.45) is 0 Å². The van der Waals surface area contributed by atoms with E-state index >= 15 is 0 Å². The molecule has 1 heterocycles. The van der Waals surface area contributed by atoms with Gasteiger partial charge in [-0.25, -0.2) is 4.79 Å². The maximum Gasteiger partial charge on any atom is 0.335 e. The van der Waals surface area contributed by atoms with Gasteiger partial charge in [-0.3, -0.25) is 9.59 Å². The van der Waals surface area contributed by atoms with E-state index in [1.54, 1.807) is 18.2 Å². The predicted molar refractivity (Wildman–Crippen MR) is 80.9 cm³/mol. The molecule has 2 rings (SSSR count). The predicted octanol–water partition coefficient (Wildman–Crippen LogP) is 2.36. The summed E-state index contributed by atoms with van der Waals surface area (Å²) in [5.41, 5.74) is 1.16. The van der Waals surface area contributed by atoms with E-state index in [0.29, 0.717) is 29.4 Å². The van der Waals surface area contributed by atoms with Crippen molar-refractivity contribution in [3.05, 3.63) is 68.0 Å². The van der Waals surface area contributed by atoms with Crippen molar-refractivity contribution in [2.75, 3.05) is 0 Å². The maximum atomic E-state index is 11.8. The minimum absolute atomic E-state index is 0.215. The van der Waals surface area contributed by atoms with E-state index in [1.807, 2.05) is 0 Å². The van der Waals surface area contributed by atoms with Crippen molar-refractivity contribution in [3.8, 4) is 0 Å². The van der Waals surface area contributed by atoms with E-state index in [-0.39, 0.29) is 11.1 Å². The lowest BCUT2D eigenvalue weighted by Crippen LogP contribution is -2.24. The number of hydrogen-bond acceptors (Lipinski definition) is 3. The number of hydrogen-bond donors (Lipinski definition) is 1. The molecule has 0 amide bonds. The molecule has 0 saturated carbocycles. The highest BCUT2D eigenvalue weighted by Crippen LogP contribution is 2.13. The lowest BCUT2D eigenvalue weighted by molar-refractivity contribution is 0.0696. The standard InChI is InChI=1S/C15H12BrNO4/c16-12-5-6-14(19)17(13(12)9-18)8-7-10-1-3-11(4-2-10)15(20)21/h1-6,9H,7-8H2,(H,20,21). The Labute approximate surface area is 129 Å². The molecule has 2 aromatic rings. The second-order valence-electron chi connectivity index (χ2n) is 4.43. The van der Waals surface area contributed by atoms with Crippen molar-refractivity contribution in [3.63, 3.8) is 0 Å². The Morgan fingerprint density at radius 2 is 1.86 bits per heavy atom. The normalized spacial score (nSPS) is 10.3. The molecule has 1 N–H and O–H groups in total. The number of carbonyl (C=O) groups excluding carboxylic acids is 1. The Kier molecular flexibility index (Phi) is 4.70. The smallest absolute Gasteiger partial charge is 0.335 e. The van der Waals surface area contributed by atoms with Crippen LogP contribution in [0.1, 0.15) is 26.4 Å². The van der Waals surface area contributed by atoms with Crippen LogP contribution in [0, 0.1) is 0 Å². The molecule has 0 atom stereocenters. The number of benzene rings is 1. The molecular formula is C15H12BrNO4. The Hall–Kier alpha value is -2.21.